The van der Waals surface area contributed by atoms with E-state index in [1.807, 2.05) is 19.9 Å². The fourth-order valence-corrected chi connectivity index (χ4v) is 1.82. The summed E-state index contributed by atoms with van der Waals surface area (Å²) >= 11 is 1.49. The van der Waals surface area contributed by atoms with Crippen LogP contribution in [-0.4, -0.2) is 4.98 Å². The lowest BCUT2D eigenvalue weighted by Crippen LogP contribution is -2.22. The van der Waals surface area contributed by atoms with Crippen LogP contribution in [0.1, 0.15) is 17.6 Å². The predicted octanol–water partition coefficient (Wildman–Crippen LogP) is 1.52. The molecule has 0 aromatic carbocycles. The van der Waals surface area contributed by atoms with Crippen molar-refractivity contribution in [1.82, 2.24) is 10.5 Å². The Labute approximate surface area is 75.0 Å². The van der Waals surface area contributed by atoms with E-state index in [4.69, 9.17) is 4.84 Å². The van der Waals surface area contributed by atoms with E-state index in [0.717, 1.165) is 10.7 Å². The maximum Gasteiger partial charge on any atom is 0.164 e. The Morgan fingerprint density at radius 2 is 2.58 bits per heavy atom. The molecule has 0 aliphatic carbocycles. The summed E-state index contributed by atoms with van der Waals surface area (Å²) < 4.78 is 0. The molecule has 1 radical (unpaired) electrons. The first-order valence-electron chi connectivity index (χ1n) is 3.67. The molecule has 4 heteroatoms. The first-order chi connectivity index (χ1) is 5.71. The van der Waals surface area contributed by atoms with Gasteiger partial charge in [-0.15, -0.1) is 11.3 Å². The van der Waals surface area contributed by atoms with Gasteiger partial charge >= 0.3 is 0 Å². The van der Waals surface area contributed by atoms with Crippen molar-refractivity contribution in [3.8, 4) is 0 Å². The van der Waals surface area contributed by atoms with Gasteiger partial charge in [0.05, 0.1) is 11.1 Å². The molecule has 1 aromatic heterocycles. The zero-order chi connectivity index (χ0) is 8.60. The second-order valence-corrected chi connectivity index (χ2v) is 3.66. The van der Waals surface area contributed by atoms with Gasteiger partial charge in [0.1, 0.15) is 5.01 Å². The van der Waals surface area contributed by atoms with Crippen LogP contribution in [0.3, 0.4) is 0 Å². The number of hydrogen-bond acceptors (Lipinski definition) is 4. The van der Waals surface area contributed by atoms with Crippen LogP contribution in [0.4, 0.5) is 0 Å². The van der Waals surface area contributed by atoms with E-state index < -0.39 is 5.60 Å². The largest absolute Gasteiger partial charge is 0.273 e. The molecule has 0 amide bonds. The third-order valence-electron chi connectivity index (χ3n) is 1.73. The van der Waals surface area contributed by atoms with Crippen LogP contribution in [0.2, 0.25) is 0 Å². The third kappa shape index (κ3) is 1.13. The van der Waals surface area contributed by atoms with Gasteiger partial charge in [0.15, 0.2) is 5.60 Å². The molecule has 1 unspecified atom stereocenters. The van der Waals surface area contributed by atoms with E-state index in [2.05, 4.69) is 15.8 Å². The molecule has 0 fully saturated rings. The van der Waals surface area contributed by atoms with Crippen molar-refractivity contribution in [3.63, 3.8) is 0 Å². The van der Waals surface area contributed by atoms with E-state index in [1.165, 1.54) is 11.3 Å². The first-order valence-corrected chi connectivity index (χ1v) is 4.49. The number of thiazole rings is 1. The Hall–Kier alpha value is -0.870. The summed E-state index contributed by atoms with van der Waals surface area (Å²) in [5.74, 6) is 0. The number of aryl methyl sites for hydroxylation is 1. The molecule has 2 heterocycles. The standard InChI is InChI=1S/C8H9N2OS/c1-6-5-12-7(10-6)8(2)3-4-9-11-8/h3-4,9H,1-2H3. The van der Waals surface area contributed by atoms with Crippen LogP contribution >= 0.6 is 11.3 Å². The summed E-state index contributed by atoms with van der Waals surface area (Å²) in [6.45, 7) is 3.89. The summed E-state index contributed by atoms with van der Waals surface area (Å²) in [4.78, 5) is 9.62. The summed E-state index contributed by atoms with van der Waals surface area (Å²) in [5.41, 5.74) is 3.20. The minimum Gasteiger partial charge on any atom is -0.273 e. The Morgan fingerprint density at radius 1 is 1.75 bits per heavy atom. The molecule has 63 valence electrons. The van der Waals surface area contributed by atoms with Gasteiger partial charge in [-0.2, -0.15) is 0 Å². The van der Waals surface area contributed by atoms with Gasteiger partial charge in [0.2, 0.25) is 0 Å². The second kappa shape index (κ2) is 2.57. The average Bonchev–Trinajstić information content (AvgIpc) is 2.59. The molecular formula is C8H9N2OS. The van der Waals surface area contributed by atoms with Crippen molar-refractivity contribution < 1.29 is 4.84 Å². The summed E-state index contributed by atoms with van der Waals surface area (Å²) in [6, 6.07) is 0. The summed E-state index contributed by atoms with van der Waals surface area (Å²) in [6.07, 6.45) is 3.72. The first kappa shape index (κ1) is 7.76. The highest BCUT2D eigenvalue weighted by molar-refractivity contribution is 7.09. The number of nitrogens with one attached hydrogen (secondary N) is 1. The van der Waals surface area contributed by atoms with Crippen LogP contribution < -0.4 is 5.48 Å². The maximum atomic E-state index is 5.31. The average molecular weight is 181 g/mol. The zero-order valence-electron chi connectivity index (χ0n) is 6.92. The molecule has 0 saturated heterocycles. The van der Waals surface area contributed by atoms with Gasteiger partial charge in [-0.3, -0.25) is 10.3 Å². The van der Waals surface area contributed by atoms with Crippen molar-refractivity contribution in [2.75, 3.05) is 0 Å². The lowest BCUT2D eigenvalue weighted by molar-refractivity contribution is -0.0281. The molecule has 12 heavy (non-hydrogen) atoms. The molecule has 0 spiro atoms. The number of nitrogens with zero attached hydrogens (tertiary/aromatic N) is 1. The van der Waals surface area contributed by atoms with E-state index in [9.17, 15) is 0 Å². The normalized spacial score (nSPS) is 27.5. The number of hydroxylamine groups is 1. The van der Waals surface area contributed by atoms with E-state index in [-0.39, 0.29) is 0 Å². The third-order valence-corrected chi connectivity index (χ3v) is 2.82. The topological polar surface area (TPSA) is 34.1 Å². The maximum absolute atomic E-state index is 5.31. The molecule has 2 rings (SSSR count). The predicted molar refractivity (Wildman–Crippen MR) is 46.4 cm³/mol. The molecule has 1 aliphatic rings. The fourth-order valence-electron chi connectivity index (χ4n) is 1.03. The number of hydrogen-bond donors (Lipinski definition) is 1. The van der Waals surface area contributed by atoms with Crippen LogP contribution in [-0.2, 0) is 10.4 Å². The smallest absolute Gasteiger partial charge is 0.164 e. The molecule has 1 N–H and O–H groups in total. The monoisotopic (exact) mass is 181 g/mol. The van der Waals surface area contributed by atoms with Crippen molar-refractivity contribution in [2.45, 2.75) is 19.4 Å². The van der Waals surface area contributed by atoms with Crippen LogP contribution in [0.25, 0.3) is 0 Å². The fraction of sp³-hybridized carbons (Fsp3) is 0.375. The lowest BCUT2D eigenvalue weighted by Gasteiger charge is -2.16. The van der Waals surface area contributed by atoms with E-state index in [1.54, 1.807) is 6.20 Å². The van der Waals surface area contributed by atoms with Gasteiger partial charge in [-0.1, -0.05) is 0 Å². The summed E-state index contributed by atoms with van der Waals surface area (Å²) in [7, 11) is 0. The lowest BCUT2D eigenvalue weighted by atomic mass is 10.1. The highest BCUT2D eigenvalue weighted by Gasteiger charge is 2.31. The van der Waals surface area contributed by atoms with E-state index >= 15 is 0 Å². The zero-order valence-corrected chi connectivity index (χ0v) is 7.73. The van der Waals surface area contributed by atoms with Gasteiger partial charge in [0, 0.05) is 6.20 Å². The van der Waals surface area contributed by atoms with Gasteiger partial charge in [-0.25, -0.2) is 4.98 Å². The molecule has 1 atom stereocenters. The minimum atomic E-state index is -0.407. The Balaban J connectivity index is 2.35. The van der Waals surface area contributed by atoms with Gasteiger partial charge < -0.3 is 0 Å². The second-order valence-electron chi connectivity index (χ2n) is 2.87. The van der Waals surface area contributed by atoms with Crippen LogP contribution in [0.5, 0.6) is 0 Å². The molecule has 0 bridgehead atoms. The highest BCUT2D eigenvalue weighted by Crippen LogP contribution is 2.30. The van der Waals surface area contributed by atoms with Crippen molar-refractivity contribution in [3.05, 3.63) is 28.4 Å². The van der Waals surface area contributed by atoms with E-state index in [0.29, 0.717) is 0 Å². The Bertz CT molecular complexity index is 321. The summed E-state index contributed by atoms with van der Waals surface area (Å²) in [5, 5.41) is 3.99. The molecule has 1 aromatic rings. The number of rotatable bonds is 1. The SMILES string of the molecule is Cc1[c]sc(C2(C)C=CNO2)n1. The Morgan fingerprint density at radius 3 is 3.08 bits per heavy atom. The minimum absolute atomic E-state index is 0.407. The van der Waals surface area contributed by atoms with Crippen molar-refractivity contribution in [2.24, 2.45) is 0 Å². The molecular weight excluding hydrogens is 172 g/mol. The van der Waals surface area contributed by atoms with Gasteiger partial charge in [-0.05, 0) is 19.9 Å². The highest BCUT2D eigenvalue weighted by atomic mass is 32.1. The Kier molecular flexibility index (Phi) is 1.66. The van der Waals surface area contributed by atoms with Crippen LogP contribution in [0, 0.1) is 12.3 Å². The van der Waals surface area contributed by atoms with Crippen molar-refractivity contribution >= 4 is 11.3 Å². The molecule has 0 saturated carbocycles. The van der Waals surface area contributed by atoms with Gasteiger partial charge in [0.25, 0.3) is 0 Å². The molecule has 3 nitrogen and oxygen atoms in total. The van der Waals surface area contributed by atoms with Crippen LogP contribution in [0.15, 0.2) is 12.3 Å². The quantitative estimate of drug-likeness (QED) is 0.713. The number of aromatic nitrogens is 1. The van der Waals surface area contributed by atoms with Crippen molar-refractivity contribution in [1.29, 1.82) is 0 Å². The molecule has 1 aliphatic heterocycles.